The molecule has 120 valence electrons. The summed E-state index contributed by atoms with van der Waals surface area (Å²) in [6.45, 7) is 4.43. The van der Waals surface area contributed by atoms with Crippen LogP contribution in [0, 0.1) is 13.8 Å². The zero-order valence-electron chi connectivity index (χ0n) is 13.1. The van der Waals surface area contributed by atoms with Crippen molar-refractivity contribution in [2.24, 2.45) is 0 Å². The predicted molar refractivity (Wildman–Crippen MR) is 86.7 cm³/mol. The molecule has 0 spiro atoms. The standard InChI is InChI=1S/C16H19N5O2/c1-11-4-3-5-14(6-11)23-9-13(22)8-17-15-7-12(2)20-16-18-10-19-21(15)16/h3-7,10,13,17,22H,8-9H2,1-2H3. The summed E-state index contributed by atoms with van der Waals surface area (Å²) in [5.74, 6) is 2.01. The van der Waals surface area contributed by atoms with Crippen molar-refractivity contribution in [3.8, 4) is 5.75 Å². The number of ether oxygens (including phenoxy) is 1. The molecular formula is C16H19N5O2. The molecule has 0 radical (unpaired) electrons. The van der Waals surface area contributed by atoms with Gasteiger partial charge in [-0.25, -0.2) is 4.98 Å². The highest BCUT2D eigenvalue weighted by atomic mass is 16.5. The quantitative estimate of drug-likeness (QED) is 0.719. The Bertz CT molecular complexity index is 802. The molecular weight excluding hydrogens is 294 g/mol. The zero-order chi connectivity index (χ0) is 16.2. The molecule has 0 amide bonds. The Hall–Kier alpha value is -2.67. The van der Waals surface area contributed by atoms with Gasteiger partial charge in [-0.2, -0.15) is 14.6 Å². The lowest BCUT2D eigenvalue weighted by atomic mass is 10.2. The van der Waals surface area contributed by atoms with Crippen molar-refractivity contribution < 1.29 is 9.84 Å². The van der Waals surface area contributed by atoms with Gasteiger partial charge in [-0.3, -0.25) is 0 Å². The smallest absolute Gasteiger partial charge is 0.254 e. The van der Waals surface area contributed by atoms with Crippen molar-refractivity contribution in [3.63, 3.8) is 0 Å². The summed E-state index contributed by atoms with van der Waals surface area (Å²) < 4.78 is 7.19. The Labute approximate surface area is 134 Å². The topological polar surface area (TPSA) is 84.6 Å². The molecule has 0 saturated carbocycles. The van der Waals surface area contributed by atoms with Crippen LogP contribution >= 0.6 is 0 Å². The molecule has 3 aromatic rings. The number of aromatic nitrogens is 4. The molecule has 1 aromatic carbocycles. The Morgan fingerprint density at radius 3 is 3.00 bits per heavy atom. The normalized spacial score (nSPS) is 12.3. The number of anilines is 1. The lowest BCUT2D eigenvalue weighted by molar-refractivity contribution is 0.117. The van der Waals surface area contributed by atoms with E-state index < -0.39 is 6.10 Å². The number of aliphatic hydroxyl groups is 1. The molecule has 7 nitrogen and oxygen atoms in total. The number of hydrogen-bond acceptors (Lipinski definition) is 6. The fourth-order valence-electron chi connectivity index (χ4n) is 2.24. The highest BCUT2D eigenvalue weighted by Crippen LogP contribution is 2.13. The van der Waals surface area contributed by atoms with E-state index in [0.29, 0.717) is 12.3 Å². The first-order valence-electron chi connectivity index (χ1n) is 7.40. The molecule has 1 atom stereocenters. The second-order valence-corrected chi connectivity index (χ2v) is 5.42. The Morgan fingerprint density at radius 1 is 1.30 bits per heavy atom. The van der Waals surface area contributed by atoms with Crippen molar-refractivity contribution in [3.05, 3.63) is 47.9 Å². The van der Waals surface area contributed by atoms with Crippen molar-refractivity contribution in [2.45, 2.75) is 20.0 Å². The van der Waals surface area contributed by atoms with E-state index in [2.05, 4.69) is 20.4 Å². The lowest BCUT2D eigenvalue weighted by Crippen LogP contribution is -2.27. The lowest BCUT2D eigenvalue weighted by Gasteiger charge is -2.15. The zero-order valence-corrected chi connectivity index (χ0v) is 13.1. The van der Waals surface area contributed by atoms with E-state index in [-0.39, 0.29) is 6.61 Å². The number of rotatable bonds is 6. The van der Waals surface area contributed by atoms with E-state index in [1.54, 1.807) is 4.52 Å². The minimum Gasteiger partial charge on any atom is -0.491 e. The first kappa shape index (κ1) is 15.2. The molecule has 1 unspecified atom stereocenters. The molecule has 0 aliphatic rings. The average Bonchev–Trinajstić information content (AvgIpc) is 2.99. The van der Waals surface area contributed by atoms with Gasteiger partial charge in [-0.1, -0.05) is 12.1 Å². The second-order valence-electron chi connectivity index (χ2n) is 5.42. The maximum absolute atomic E-state index is 10.1. The molecule has 2 heterocycles. The van der Waals surface area contributed by atoms with Crippen LogP contribution in [0.3, 0.4) is 0 Å². The highest BCUT2D eigenvalue weighted by molar-refractivity contribution is 5.44. The predicted octanol–water partition coefficient (Wildman–Crippen LogP) is 1.59. The maximum atomic E-state index is 10.1. The average molecular weight is 313 g/mol. The van der Waals surface area contributed by atoms with Gasteiger partial charge >= 0.3 is 0 Å². The number of hydrogen-bond donors (Lipinski definition) is 2. The molecule has 2 aromatic heterocycles. The number of benzene rings is 1. The summed E-state index contributed by atoms with van der Waals surface area (Å²) in [5.41, 5.74) is 1.95. The van der Waals surface area contributed by atoms with E-state index in [9.17, 15) is 5.11 Å². The van der Waals surface area contributed by atoms with Crippen molar-refractivity contribution in [1.29, 1.82) is 0 Å². The number of nitrogens with zero attached hydrogens (tertiary/aromatic N) is 4. The van der Waals surface area contributed by atoms with E-state index >= 15 is 0 Å². The van der Waals surface area contributed by atoms with Crippen LogP contribution in [0.2, 0.25) is 0 Å². The van der Waals surface area contributed by atoms with Crippen LogP contribution in [0.25, 0.3) is 5.78 Å². The third-order valence-electron chi connectivity index (χ3n) is 3.33. The SMILES string of the molecule is Cc1cccc(OCC(O)CNc2cc(C)nc3ncnn23)c1. The Kier molecular flexibility index (Phi) is 4.38. The first-order chi connectivity index (χ1) is 11.1. The van der Waals surface area contributed by atoms with Crippen molar-refractivity contribution >= 4 is 11.6 Å². The molecule has 0 aliphatic carbocycles. The summed E-state index contributed by atoms with van der Waals surface area (Å²) in [6, 6.07) is 9.59. The van der Waals surface area contributed by atoms with Crippen LogP contribution in [0.15, 0.2) is 36.7 Å². The fraction of sp³-hybridized carbons (Fsp3) is 0.312. The molecule has 2 N–H and O–H groups in total. The van der Waals surface area contributed by atoms with Gasteiger partial charge in [0, 0.05) is 18.3 Å². The van der Waals surface area contributed by atoms with Gasteiger partial charge in [-0.05, 0) is 31.5 Å². The van der Waals surface area contributed by atoms with Crippen LogP contribution in [0.5, 0.6) is 5.75 Å². The molecule has 3 rings (SSSR count). The number of nitrogens with one attached hydrogen (secondary N) is 1. The molecule has 0 aliphatic heterocycles. The molecule has 0 saturated heterocycles. The number of aryl methyl sites for hydroxylation is 2. The van der Waals surface area contributed by atoms with Gasteiger partial charge in [0.15, 0.2) is 0 Å². The minimum atomic E-state index is -0.650. The third-order valence-corrected chi connectivity index (χ3v) is 3.33. The molecule has 0 bridgehead atoms. The van der Waals surface area contributed by atoms with Crippen LogP contribution in [-0.4, -0.2) is 43.9 Å². The first-order valence-corrected chi connectivity index (χ1v) is 7.40. The highest BCUT2D eigenvalue weighted by Gasteiger charge is 2.09. The largest absolute Gasteiger partial charge is 0.491 e. The summed E-state index contributed by atoms with van der Waals surface area (Å²) in [7, 11) is 0. The van der Waals surface area contributed by atoms with Gasteiger partial charge in [0.1, 0.15) is 30.6 Å². The van der Waals surface area contributed by atoms with Crippen molar-refractivity contribution in [2.75, 3.05) is 18.5 Å². The monoisotopic (exact) mass is 313 g/mol. The number of aliphatic hydroxyl groups excluding tert-OH is 1. The third kappa shape index (κ3) is 3.75. The minimum absolute atomic E-state index is 0.209. The summed E-state index contributed by atoms with van der Waals surface area (Å²) >= 11 is 0. The van der Waals surface area contributed by atoms with Crippen LogP contribution < -0.4 is 10.1 Å². The van der Waals surface area contributed by atoms with Crippen LogP contribution in [0.1, 0.15) is 11.3 Å². The molecule has 7 heteroatoms. The van der Waals surface area contributed by atoms with Crippen LogP contribution in [0.4, 0.5) is 5.82 Å². The van der Waals surface area contributed by atoms with E-state index in [1.807, 2.05) is 44.2 Å². The summed E-state index contributed by atoms with van der Waals surface area (Å²) in [5, 5.41) is 17.3. The van der Waals surface area contributed by atoms with Gasteiger partial charge < -0.3 is 15.2 Å². The summed E-state index contributed by atoms with van der Waals surface area (Å²) in [6.07, 6.45) is 0.798. The van der Waals surface area contributed by atoms with Crippen LogP contribution in [-0.2, 0) is 0 Å². The maximum Gasteiger partial charge on any atom is 0.254 e. The number of fused-ring (bicyclic) bond motifs is 1. The van der Waals surface area contributed by atoms with Gasteiger partial charge in [0.2, 0.25) is 0 Å². The summed E-state index contributed by atoms with van der Waals surface area (Å²) in [4.78, 5) is 8.33. The van der Waals surface area contributed by atoms with E-state index in [1.165, 1.54) is 6.33 Å². The van der Waals surface area contributed by atoms with Crippen molar-refractivity contribution in [1.82, 2.24) is 19.6 Å². The van der Waals surface area contributed by atoms with Gasteiger partial charge in [-0.15, -0.1) is 0 Å². The fourth-order valence-corrected chi connectivity index (χ4v) is 2.24. The second kappa shape index (κ2) is 6.62. The van der Waals surface area contributed by atoms with Gasteiger partial charge in [0.05, 0.1) is 0 Å². The molecule has 0 fully saturated rings. The Morgan fingerprint density at radius 2 is 2.17 bits per heavy atom. The van der Waals surface area contributed by atoms with E-state index in [4.69, 9.17) is 4.74 Å². The molecule has 23 heavy (non-hydrogen) atoms. The Balaban J connectivity index is 1.58. The van der Waals surface area contributed by atoms with Gasteiger partial charge in [0.25, 0.3) is 5.78 Å². The van der Waals surface area contributed by atoms with E-state index in [0.717, 1.165) is 22.8 Å².